The summed E-state index contributed by atoms with van der Waals surface area (Å²) in [6.45, 7) is 3.89. The summed E-state index contributed by atoms with van der Waals surface area (Å²) in [5, 5.41) is 1.22. The summed E-state index contributed by atoms with van der Waals surface area (Å²) in [5.41, 5.74) is 9.55. The lowest BCUT2D eigenvalue weighted by Gasteiger charge is -2.11. The molecule has 1 atom stereocenters. The summed E-state index contributed by atoms with van der Waals surface area (Å²) in [6.07, 6.45) is 0. The van der Waals surface area contributed by atoms with Crippen LogP contribution in [0.2, 0.25) is 10.0 Å². The molecule has 1 heterocycles. The van der Waals surface area contributed by atoms with Crippen LogP contribution in [0.3, 0.4) is 0 Å². The molecule has 0 fully saturated rings. The lowest BCUT2D eigenvalue weighted by molar-refractivity contribution is 0.800. The highest BCUT2D eigenvalue weighted by Crippen LogP contribution is 2.30. The lowest BCUT2D eigenvalue weighted by Crippen LogP contribution is -2.08. The van der Waals surface area contributed by atoms with Crippen LogP contribution >= 0.6 is 23.2 Å². The molecule has 0 amide bonds. The Morgan fingerprint density at radius 3 is 2.44 bits per heavy atom. The predicted molar refractivity (Wildman–Crippen MR) is 77.0 cm³/mol. The van der Waals surface area contributed by atoms with Crippen LogP contribution in [0.1, 0.15) is 24.2 Å². The molecule has 0 aliphatic carbocycles. The maximum atomic E-state index is 6.17. The van der Waals surface area contributed by atoms with Gasteiger partial charge in [-0.3, -0.25) is 4.98 Å². The van der Waals surface area contributed by atoms with E-state index < -0.39 is 0 Å². The summed E-state index contributed by atoms with van der Waals surface area (Å²) in [6, 6.07) is 9.30. The second-order valence-corrected chi connectivity index (χ2v) is 5.13. The van der Waals surface area contributed by atoms with Gasteiger partial charge in [-0.1, -0.05) is 29.3 Å². The van der Waals surface area contributed by atoms with Gasteiger partial charge in [0.2, 0.25) is 0 Å². The van der Waals surface area contributed by atoms with E-state index in [1.165, 1.54) is 0 Å². The Morgan fingerprint density at radius 2 is 1.89 bits per heavy atom. The number of nitrogens with two attached hydrogens (primary N) is 1. The third kappa shape index (κ3) is 2.66. The number of aromatic nitrogens is 1. The minimum atomic E-state index is -0.0211. The molecule has 0 radical (unpaired) electrons. The Labute approximate surface area is 117 Å². The van der Waals surface area contributed by atoms with E-state index in [2.05, 4.69) is 4.98 Å². The first-order chi connectivity index (χ1) is 8.49. The van der Waals surface area contributed by atoms with Crippen LogP contribution < -0.4 is 5.73 Å². The van der Waals surface area contributed by atoms with Crippen LogP contribution in [0.4, 0.5) is 0 Å². The van der Waals surface area contributed by atoms with E-state index in [4.69, 9.17) is 28.9 Å². The third-order valence-electron chi connectivity index (χ3n) is 2.82. The molecular weight excluding hydrogens is 267 g/mol. The van der Waals surface area contributed by atoms with Crippen molar-refractivity contribution in [1.82, 2.24) is 4.98 Å². The molecule has 18 heavy (non-hydrogen) atoms. The summed E-state index contributed by atoms with van der Waals surface area (Å²) < 4.78 is 0. The minimum absolute atomic E-state index is 0.0211. The average molecular weight is 281 g/mol. The normalized spacial score (nSPS) is 12.5. The molecule has 4 heteroatoms. The van der Waals surface area contributed by atoms with Crippen LogP contribution in [0.5, 0.6) is 0 Å². The molecule has 94 valence electrons. The zero-order valence-corrected chi connectivity index (χ0v) is 11.8. The van der Waals surface area contributed by atoms with Gasteiger partial charge in [-0.2, -0.15) is 0 Å². The van der Waals surface area contributed by atoms with E-state index in [-0.39, 0.29) is 6.04 Å². The quantitative estimate of drug-likeness (QED) is 0.887. The fourth-order valence-corrected chi connectivity index (χ4v) is 2.41. The van der Waals surface area contributed by atoms with Gasteiger partial charge < -0.3 is 5.73 Å². The first-order valence-electron chi connectivity index (χ1n) is 5.67. The molecule has 1 unspecified atom stereocenters. The molecule has 0 saturated heterocycles. The van der Waals surface area contributed by atoms with Gasteiger partial charge in [-0.15, -0.1) is 0 Å². The molecule has 0 spiro atoms. The van der Waals surface area contributed by atoms with Crippen LogP contribution in [-0.4, -0.2) is 4.98 Å². The van der Waals surface area contributed by atoms with Crippen molar-refractivity contribution < 1.29 is 0 Å². The Kier molecular flexibility index (Phi) is 3.91. The molecule has 0 aliphatic heterocycles. The Morgan fingerprint density at radius 1 is 1.17 bits per heavy atom. The molecule has 0 saturated carbocycles. The number of hydrogen-bond donors (Lipinski definition) is 1. The highest BCUT2D eigenvalue weighted by molar-refractivity contribution is 6.36. The third-order valence-corrected chi connectivity index (χ3v) is 3.37. The molecule has 1 aromatic carbocycles. The molecule has 2 rings (SSSR count). The summed E-state index contributed by atoms with van der Waals surface area (Å²) >= 11 is 12.1. The van der Waals surface area contributed by atoms with Gasteiger partial charge in [-0.25, -0.2) is 0 Å². The molecule has 2 nitrogen and oxygen atoms in total. The Balaban J connectivity index is 2.49. The molecule has 2 aromatic rings. The Bertz CT molecular complexity index is 580. The van der Waals surface area contributed by atoms with Crippen molar-refractivity contribution in [2.45, 2.75) is 19.9 Å². The maximum Gasteiger partial charge on any atom is 0.0720 e. The van der Waals surface area contributed by atoms with Crippen LogP contribution in [-0.2, 0) is 0 Å². The average Bonchev–Trinajstić information content (AvgIpc) is 2.28. The predicted octanol–water partition coefficient (Wildman–Crippen LogP) is 4.38. The van der Waals surface area contributed by atoms with E-state index in [1.807, 2.05) is 32.0 Å². The number of rotatable bonds is 2. The van der Waals surface area contributed by atoms with E-state index in [1.54, 1.807) is 12.1 Å². The number of halogens is 2. The molecule has 1 aromatic heterocycles. The largest absolute Gasteiger partial charge is 0.324 e. The highest BCUT2D eigenvalue weighted by Gasteiger charge is 2.09. The Hall–Kier alpha value is -1.09. The van der Waals surface area contributed by atoms with Crippen molar-refractivity contribution in [3.8, 4) is 11.3 Å². The van der Waals surface area contributed by atoms with Gasteiger partial charge >= 0.3 is 0 Å². The van der Waals surface area contributed by atoms with E-state index in [9.17, 15) is 0 Å². The van der Waals surface area contributed by atoms with Crippen molar-refractivity contribution in [2.24, 2.45) is 5.73 Å². The number of aryl methyl sites for hydroxylation is 1. The summed E-state index contributed by atoms with van der Waals surface area (Å²) in [5.74, 6) is 0. The van der Waals surface area contributed by atoms with E-state index in [0.717, 1.165) is 22.5 Å². The van der Waals surface area contributed by atoms with Gasteiger partial charge in [0.25, 0.3) is 0 Å². The lowest BCUT2D eigenvalue weighted by atomic mass is 10.0. The van der Waals surface area contributed by atoms with Crippen molar-refractivity contribution in [3.63, 3.8) is 0 Å². The number of benzene rings is 1. The number of pyridine rings is 1. The topological polar surface area (TPSA) is 38.9 Å². The molecule has 0 aliphatic rings. The van der Waals surface area contributed by atoms with Crippen molar-refractivity contribution in [2.75, 3.05) is 0 Å². The highest BCUT2D eigenvalue weighted by atomic mass is 35.5. The second kappa shape index (κ2) is 5.27. The number of nitrogens with zero attached hydrogens (tertiary/aromatic N) is 1. The van der Waals surface area contributed by atoms with Crippen LogP contribution in [0, 0.1) is 6.92 Å². The fraction of sp³-hybridized carbons (Fsp3) is 0.214. The van der Waals surface area contributed by atoms with Crippen molar-refractivity contribution in [1.29, 1.82) is 0 Å². The van der Waals surface area contributed by atoms with Gasteiger partial charge in [0.1, 0.15) is 0 Å². The van der Waals surface area contributed by atoms with Gasteiger partial charge in [0.05, 0.1) is 10.7 Å². The van der Waals surface area contributed by atoms with E-state index in [0.29, 0.717) is 10.0 Å². The fourth-order valence-electron chi connectivity index (χ4n) is 1.90. The van der Waals surface area contributed by atoms with E-state index >= 15 is 0 Å². The first-order valence-corrected chi connectivity index (χ1v) is 6.43. The molecule has 0 bridgehead atoms. The summed E-state index contributed by atoms with van der Waals surface area (Å²) in [4.78, 5) is 4.55. The van der Waals surface area contributed by atoms with Gasteiger partial charge in [-0.05, 0) is 43.7 Å². The maximum absolute atomic E-state index is 6.17. The summed E-state index contributed by atoms with van der Waals surface area (Å²) in [7, 11) is 0. The van der Waals surface area contributed by atoms with Crippen LogP contribution in [0.15, 0.2) is 30.3 Å². The molecular formula is C14H14Cl2N2. The van der Waals surface area contributed by atoms with Crippen molar-refractivity contribution in [3.05, 3.63) is 51.6 Å². The van der Waals surface area contributed by atoms with Crippen molar-refractivity contribution >= 4 is 23.2 Å². The zero-order chi connectivity index (χ0) is 13.3. The first kappa shape index (κ1) is 13.3. The number of hydrogen-bond acceptors (Lipinski definition) is 2. The minimum Gasteiger partial charge on any atom is -0.324 e. The standard InChI is InChI=1S/C14H14Cl2N2/c1-8(17)11-5-6-14(18-9(11)2)12-4-3-10(15)7-13(12)16/h3-8H,17H2,1-2H3. The smallest absolute Gasteiger partial charge is 0.0720 e. The second-order valence-electron chi connectivity index (χ2n) is 4.28. The SMILES string of the molecule is Cc1nc(-c2ccc(Cl)cc2Cl)ccc1C(C)N. The van der Waals surface area contributed by atoms with Crippen LogP contribution in [0.25, 0.3) is 11.3 Å². The monoisotopic (exact) mass is 280 g/mol. The zero-order valence-electron chi connectivity index (χ0n) is 10.2. The molecule has 2 N–H and O–H groups in total. The van der Waals surface area contributed by atoms with Gasteiger partial charge in [0, 0.05) is 22.3 Å². The van der Waals surface area contributed by atoms with Gasteiger partial charge in [0.15, 0.2) is 0 Å².